The number of benzene rings is 2. The van der Waals surface area contributed by atoms with Gasteiger partial charge in [-0.25, -0.2) is 9.37 Å². The smallest absolute Gasteiger partial charge is 0.224 e. The van der Waals surface area contributed by atoms with Crippen LogP contribution >= 0.6 is 23.2 Å². The Balaban J connectivity index is 1.60. The number of aromatic nitrogens is 1. The van der Waals surface area contributed by atoms with E-state index in [-0.39, 0.29) is 17.4 Å². The van der Waals surface area contributed by atoms with Crippen molar-refractivity contribution < 1.29 is 13.6 Å². The van der Waals surface area contributed by atoms with Crippen LogP contribution in [0.15, 0.2) is 53.1 Å². The van der Waals surface area contributed by atoms with Gasteiger partial charge in [0.2, 0.25) is 5.91 Å². The first-order valence-electron chi connectivity index (χ1n) is 7.47. The van der Waals surface area contributed by atoms with E-state index in [9.17, 15) is 9.18 Å². The van der Waals surface area contributed by atoms with E-state index in [4.69, 9.17) is 27.6 Å². The minimum atomic E-state index is -0.463. The van der Waals surface area contributed by atoms with Crippen molar-refractivity contribution in [2.75, 3.05) is 5.32 Å². The van der Waals surface area contributed by atoms with E-state index in [1.54, 1.807) is 12.3 Å². The molecule has 1 aromatic heterocycles. The summed E-state index contributed by atoms with van der Waals surface area (Å²) in [6, 6.07) is 11.1. The minimum Gasteiger partial charge on any atom is -0.441 e. The number of nitrogens with one attached hydrogen (secondary N) is 1. The van der Waals surface area contributed by atoms with Crippen LogP contribution < -0.4 is 5.32 Å². The standard InChI is InChI=1S/C18H13Cl2FN2O2/c19-13-4-2-1-3-12(13)16-10-22-18(25-16)8-7-17(24)23-15-6-5-11(21)9-14(15)20/h1-6,9-10H,7-8H2,(H,23,24). The van der Waals surface area contributed by atoms with Crippen LogP contribution in [0.5, 0.6) is 0 Å². The summed E-state index contributed by atoms with van der Waals surface area (Å²) < 4.78 is 18.6. The molecular weight excluding hydrogens is 366 g/mol. The molecular formula is C18H13Cl2FN2O2. The average molecular weight is 379 g/mol. The molecule has 3 aromatic rings. The Kier molecular flexibility index (Phi) is 5.36. The van der Waals surface area contributed by atoms with Crippen LogP contribution in [0.3, 0.4) is 0 Å². The Morgan fingerprint density at radius 3 is 2.72 bits per heavy atom. The maximum Gasteiger partial charge on any atom is 0.224 e. The fourth-order valence-electron chi connectivity index (χ4n) is 2.24. The number of carbonyl (C=O) groups is 1. The molecule has 0 aliphatic heterocycles. The van der Waals surface area contributed by atoms with Gasteiger partial charge in [0.25, 0.3) is 0 Å². The highest BCUT2D eigenvalue weighted by molar-refractivity contribution is 6.33. The molecule has 0 atom stereocenters. The molecule has 3 rings (SSSR count). The average Bonchev–Trinajstić information content (AvgIpc) is 3.05. The zero-order chi connectivity index (χ0) is 17.8. The number of hydrogen-bond acceptors (Lipinski definition) is 3. The summed E-state index contributed by atoms with van der Waals surface area (Å²) in [7, 11) is 0. The first-order chi connectivity index (χ1) is 12.0. The van der Waals surface area contributed by atoms with Gasteiger partial charge in [0.15, 0.2) is 11.7 Å². The van der Waals surface area contributed by atoms with E-state index in [0.717, 1.165) is 11.6 Å². The van der Waals surface area contributed by atoms with Crippen LogP contribution in [0.4, 0.5) is 10.1 Å². The Morgan fingerprint density at radius 2 is 1.96 bits per heavy atom. The summed E-state index contributed by atoms with van der Waals surface area (Å²) in [6.07, 6.45) is 2.04. The molecule has 0 aliphatic rings. The summed E-state index contributed by atoms with van der Waals surface area (Å²) in [4.78, 5) is 16.2. The second-order valence-corrected chi connectivity index (χ2v) is 6.08. The Labute approximate surface area is 153 Å². The van der Waals surface area contributed by atoms with Crippen LogP contribution in [0, 0.1) is 5.82 Å². The lowest BCUT2D eigenvalue weighted by atomic mass is 10.2. The van der Waals surface area contributed by atoms with Crippen molar-refractivity contribution in [3.8, 4) is 11.3 Å². The Morgan fingerprint density at radius 1 is 1.16 bits per heavy atom. The van der Waals surface area contributed by atoms with E-state index in [1.807, 2.05) is 18.2 Å². The second-order valence-electron chi connectivity index (χ2n) is 5.27. The highest BCUT2D eigenvalue weighted by Crippen LogP contribution is 2.28. The molecule has 1 heterocycles. The lowest BCUT2D eigenvalue weighted by molar-refractivity contribution is -0.116. The molecule has 0 aliphatic carbocycles. The normalized spacial score (nSPS) is 10.7. The molecule has 0 bridgehead atoms. The monoisotopic (exact) mass is 378 g/mol. The molecule has 0 fully saturated rings. The van der Waals surface area contributed by atoms with Crippen molar-refractivity contribution >= 4 is 34.8 Å². The van der Waals surface area contributed by atoms with Gasteiger partial charge in [-0.05, 0) is 30.3 Å². The number of aryl methyl sites for hydroxylation is 1. The fraction of sp³-hybridized carbons (Fsp3) is 0.111. The summed E-state index contributed by atoms with van der Waals surface area (Å²) in [5.41, 5.74) is 1.10. The number of carbonyl (C=O) groups excluding carboxylic acids is 1. The molecule has 1 amide bonds. The fourth-order valence-corrected chi connectivity index (χ4v) is 2.68. The molecule has 0 saturated heterocycles. The predicted molar refractivity (Wildman–Crippen MR) is 95.3 cm³/mol. The van der Waals surface area contributed by atoms with Gasteiger partial charge in [0.1, 0.15) is 5.82 Å². The zero-order valence-electron chi connectivity index (χ0n) is 12.9. The molecule has 25 heavy (non-hydrogen) atoms. The van der Waals surface area contributed by atoms with E-state index in [2.05, 4.69) is 10.3 Å². The van der Waals surface area contributed by atoms with E-state index in [0.29, 0.717) is 28.8 Å². The van der Waals surface area contributed by atoms with Gasteiger partial charge in [-0.2, -0.15) is 0 Å². The molecule has 0 unspecified atom stereocenters. The number of rotatable bonds is 5. The molecule has 128 valence electrons. The van der Waals surface area contributed by atoms with E-state index in [1.165, 1.54) is 12.1 Å². The topological polar surface area (TPSA) is 55.1 Å². The lowest BCUT2D eigenvalue weighted by Gasteiger charge is -2.06. The molecule has 1 N–H and O–H groups in total. The summed E-state index contributed by atoms with van der Waals surface area (Å²) in [6.45, 7) is 0. The molecule has 0 spiro atoms. The van der Waals surface area contributed by atoms with Crippen molar-refractivity contribution in [2.24, 2.45) is 0 Å². The predicted octanol–water partition coefficient (Wildman–Crippen LogP) is 5.36. The third kappa shape index (κ3) is 4.38. The third-order valence-electron chi connectivity index (χ3n) is 3.46. The van der Waals surface area contributed by atoms with E-state index < -0.39 is 5.82 Å². The molecule has 7 heteroatoms. The van der Waals surface area contributed by atoms with Crippen molar-refractivity contribution in [3.05, 3.63) is 70.4 Å². The Hall–Kier alpha value is -2.37. The van der Waals surface area contributed by atoms with Crippen LogP contribution in [-0.2, 0) is 11.2 Å². The van der Waals surface area contributed by atoms with Crippen molar-refractivity contribution in [1.82, 2.24) is 4.98 Å². The first kappa shape index (κ1) is 17.5. The molecule has 0 saturated carbocycles. The number of hydrogen-bond donors (Lipinski definition) is 1. The second kappa shape index (κ2) is 7.68. The molecule has 0 radical (unpaired) electrons. The van der Waals surface area contributed by atoms with Gasteiger partial charge in [-0.3, -0.25) is 4.79 Å². The molecule has 4 nitrogen and oxygen atoms in total. The van der Waals surface area contributed by atoms with Gasteiger partial charge in [0.05, 0.1) is 21.9 Å². The Bertz CT molecular complexity index is 912. The molecule has 2 aromatic carbocycles. The number of halogens is 3. The maximum atomic E-state index is 13.0. The largest absolute Gasteiger partial charge is 0.441 e. The number of amides is 1. The van der Waals surface area contributed by atoms with Crippen LogP contribution in [0.2, 0.25) is 10.0 Å². The highest BCUT2D eigenvalue weighted by atomic mass is 35.5. The van der Waals surface area contributed by atoms with Crippen molar-refractivity contribution in [3.63, 3.8) is 0 Å². The third-order valence-corrected chi connectivity index (χ3v) is 4.11. The first-order valence-corrected chi connectivity index (χ1v) is 8.23. The zero-order valence-corrected chi connectivity index (χ0v) is 14.4. The van der Waals surface area contributed by atoms with Gasteiger partial charge in [-0.1, -0.05) is 35.3 Å². The number of anilines is 1. The quantitative estimate of drug-likeness (QED) is 0.650. The van der Waals surface area contributed by atoms with Gasteiger partial charge in [0, 0.05) is 18.4 Å². The summed E-state index contributed by atoms with van der Waals surface area (Å²) >= 11 is 12.0. The summed E-state index contributed by atoms with van der Waals surface area (Å²) in [5.74, 6) is 0.235. The SMILES string of the molecule is O=C(CCc1ncc(-c2ccccc2Cl)o1)Nc1ccc(F)cc1Cl. The number of nitrogens with zero attached hydrogens (tertiary/aromatic N) is 1. The van der Waals surface area contributed by atoms with Crippen LogP contribution in [-0.4, -0.2) is 10.9 Å². The summed E-state index contributed by atoms with van der Waals surface area (Å²) in [5, 5.41) is 3.33. The van der Waals surface area contributed by atoms with E-state index >= 15 is 0 Å². The maximum absolute atomic E-state index is 13.0. The van der Waals surface area contributed by atoms with Crippen molar-refractivity contribution in [2.45, 2.75) is 12.8 Å². The lowest BCUT2D eigenvalue weighted by Crippen LogP contribution is -2.12. The minimum absolute atomic E-state index is 0.144. The number of oxazole rings is 1. The van der Waals surface area contributed by atoms with Crippen LogP contribution in [0.25, 0.3) is 11.3 Å². The van der Waals surface area contributed by atoms with Gasteiger partial charge < -0.3 is 9.73 Å². The van der Waals surface area contributed by atoms with Crippen molar-refractivity contribution in [1.29, 1.82) is 0 Å². The van der Waals surface area contributed by atoms with Crippen LogP contribution in [0.1, 0.15) is 12.3 Å². The van der Waals surface area contributed by atoms with Gasteiger partial charge >= 0.3 is 0 Å². The van der Waals surface area contributed by atoms with Gasteiger partial charge in [-0.15, -0.1) is 0 Å². The highest BCUT2D eigenvalue weighted by Gasteiger charge is 2.12.